The third-order valence-corrected chi connectivity index (χ3v) is 7.31. The van der Waals surface area contributed by atoms with Crippen molar-refractivity contribution in [2.75, 3.05) is 5.32 Å². The number of nitrogens with zero attached hydrogens (tertiary/aromatic N) is 3. The normalized spacial score (nSPS) is 12.8. The van der Waals surface area contributed by atoms with E-state index in [-0.39, 0.29) is 17.6 Å². The second-order valence-corrected chi connectivity index (χ2v) is 9.85. The molecule has 186 valence electrons. The van der Waals surface area contributed by atoms with Crippen LogP contribution in [0.25, 0.3) is 16.6 Å². The SMILES string of the molecule is O=C(Nc1nccs1)C(c1ccccc1)C(c1ccccc1)c1ccc2c(cnn2-c2ccc(F)cc2)c1. The molecular formula is C31H23FN4OS. The zero-order valence-electron chi connectivity index (χ0n) is 20.2. The van der Waals surface area contributed by atoms with Crippen molar-refractivity contribution in [1.29, 1.82) is 0 Å². The fourth-order valence-electron chi connectivity index (χ4n) is 4.89. The molecule has 6 rings (SSSR count). The summed E-state index contributed by atoms with van der Waals surface area (Å²) in [5.74, 6) is -1.19. The minimum atomic E-state index is -0.507. The Hall–Kier alpha value is -4.62. The maximum atomic E-state index is 13.9. The fraction of sp³-hybridized carbons (Fsp3) is 0.0645. The van der Waals surface area contributed by atoms with Gasteiger partial charge in [-0.2, -0.15) is 5.10 Å². The Morgan fingerprint density at radius 1 is 0.842 bits per heavy atom. The first-order valence-electron chi connectivity index (χ1n) is 12.2. The van der Waals surface area contributed by atoms with Crippen LogP contribution in [0, 0.1) is 5.82 Å². The molecule has 0 spiro atoms. The number of carbonyl (C=O) groups is 1. The Bertz CT molecular complexity index is 1670. The number of fused-ring (bicyclic) bond motifs is 1. The van der Waals surface area contributed by atoms with Crippen molar-refractivity contribution < 1.29 is 9.18 Å². The smallest absolute Gasteiger partial charge is 0.234 e. The zero-order chi connectivity index (χ0) is 25.9. The Balaban J connectivity index is 1.48. The van der Waals surface area contributed by atoms with Crippen LogP contribution < -0.4 is 5.32 Å². The molecule has 0 fully saturated rings. The minimum absolute atomic E-state index is 0.123. The van der Waals surface area contributed by atoms with E-state index in [0.29, 0.717) is 5.13 Å². The highest BCUT2D eigenvalue weighted by atomic mass is 32.1. The second kappa shape index (κ2) is 10.4. The van der Waals surface area contributed by atoms with Crippen molar-refractivity contribution in [3.05, 3.63) is 143 Å². The van der Waals surface area contributed by atoms with Gasteiger partial charge in [-0.3, -0.25) is 4.79 Å². The molecule has 2 atom stereocenters. The van der Waals surface area contributed by atoms with E-state index in [1.807, 2.05) is 66.0 Å². The van der Waals surface area contributed by atoms with Crippen molar-refractivity contribution >= 4 is 33.3 Å². The molecule has 6 aromatic rings. The molecule has 0 radical (unpaired) electrons. The second-order valence-electron chi connectivity index (χ2n) is 8.95. The molecule has 0 aliphatic heterocycles. The number of benzene rings is 4. The number of rotatable bonds is 7. The summed E-state index contributed by atoms with van der Waals surface area (Å²) in [6, 6.07) is 32.3. The Labute approximate surface area is 223 Å². The summed E-state index contributed by atoms with van der Waals surface area (Å²) in [5, 5.41) is 10.9. The van der Waals surface area contributed by atoms with Gasteiger partial charge in [0.1, 0.15) is 5.82 Å². The van der Waals surface area contributed by atoms with E-state index in [1.54, 1.807) is 29.2 Å². The third-order valence-electron chi connectivity index (χ3n) is 6.62. The molecule has 2 unspecified atom stereocenters. The number of aromatic nitrogens is 3. The molecule has 2 aromatic heterocycles. The predicted molar refractivity (Wildman–Crippen MR) is 149 cm³/mol. The molecule has 4 aromatic carbocycles. The molecule has 2 heterocycles. The summed E-state index contributed by atoms with van der Waals surface area (Å²) in [5.41, 5.74) is 4.61. The van der Waals surface area contributed by atoms with Crippen molar-refractivity contribution in [1.82, 2.24) is 14.8 Å². The van der Waals surface area contributed by atoms with Gasteiger partial charge >= 0.3 is 0 Å². The molecule has 7 heteroatoms. The van der Waals surface area contributed by atoms with Crippen molar-refractivity contribution in [3.8, 4) is 5.69 Å². The highest BCUT2D eigenvalue weighted by Crippen LogP contribution is 2.40. The molecule has 0 aliphatic carbocycles. The Morgan fingerprint density at radius 2 is 1.55 bits per heavy atom. The first-order valence-corrected chi connectivity index (χ1v) is 13.1. The standard InChI is InChI=1S/C31H23FN4OS/c32-25-12-14-26(15-13-25)36-27-16-11-23(19-24(27)20-34-36)28(21-7-3-1-4-8-21)29(22-9-5-2-6-10-22)30(37)35-31-33-17-18-38-31/h1-20,28-29H,(H,33,35,37). The van der Waals surface area contributed by atoms with Crippen LogP contribution >= 0.6 is 11.3 Å². The van der Waals surface area contributed by atoms with Gasteiger partial charge in [-0.05, 0) is 53.1 Å². The predicted octanol–water partition coefficient (Wildman–Crippen LogP) is 7.18. The van der Waals surface area contributed by atoms with Crippen LogP contribution in [-0.4, -0.2) is 20.7 Å². The lowest BCUT2D eigenvalue weighted by Crippen LogP contribution is -2.27. The first kappa shape index (κ1) is 23.8. The van der Waals surface area contributed by atoms with Crippen molar-refractivity contribution in [2.45, 2.75) is 11.8 Å². The quantitative estimate of drug-likeness (QED) is 0.244. The number of hydrogen-bond donors (Lipinski definition) is 1. The lowest BCUT2D eigenvalue weighted by Gasteiger charge is -2.28. The minimum Gasteiger partial charge on any atom is -0.301 e. The molecule has 0 bridgehead atoms. The highest BCUT2D eigenvalue weighted by Gasteiger charge is 2.33. The number of nitrogens with one attached hydrogen (secondary N) is 1. The number of thiazole rings is 1. The maximum absolute atomic E-state index is 13.9. The van der Waals surface area contributed by atoms with Crippen LogP contribution in [0.5, 0.6) is 0 Å². The Morgan fingerprint density at radius 3 is 2.24 bits per heavy atom. The average Bonchev–Trinajstić information content (AvgIpc) is 3.63. The first-order chi connectivity index (χ1) is 18.7. The van der Waals surface area contributed by atoms with Crippen LogP contribution in [0.1, 0.15) is 28.5 Å². The summed E-state index contributed by atoms with van der Waals surface area (Å²) < 4.78 is 15.3. The molecule has 0 aliphatic rings. The summed E-state index contributed by atoms with van der Waals surface area (Å²) in [6.07, 6.45) is 3.48. The fourth-order valence-corrected chi connectivity index (χ4v) is 5.43. The van der Waals surface area contributed by atoms with E-state index in [1.165, 1.54) is 23.5 Å². The van der Waals surface area contributed by atoms with Crippen LogP contribution in [0.3, 0.4) is 0 Å². The third kappa shape index (κ3) is 4.71. The van der Waals surface area contributed by atoms with Gasteiger partial charge in [0.25, 0.3) is 0 Å². The van der Waals surface area contributed by atoms with E-state index in [4.69, 9.17) is 0 Å². The van der Waals surface area contributed by atoms with Gasteiger partial charge in [0, 0.05) is 22.9 Å². The largest absolute Gasteiger partial charge is 0.301 e. The number of carbonyl (C=O) groups excluding carboxylic acids is 1. The van der Waals surface area contributed by atoms with Crippen molar-refractivity contribution in [2.24, 2.45) is 0 Å². The van der Waals surface area contributed by atoms with Crippen molar-refractivity contribution in [3.63, 3.8) is 0 Å². The summed E-state index contributed by atoms with van der Waals surface area (Å²) in [7, 11) is 0. The molecule has 0 saturated heterocycles. The molecule has 0 saturated carbocycles. The van der Waals surface area contributed by atoms with E-state index >= 15 is 0 Å². The maximum Gasteiger partial charge on any atom is 0.234 e. The summed E-state index contributed by atoms with van der Waals surface area (Å²) in [6.45, 7) is 0. The number of anilines is 1. The number of hydrogen-bond acceptors (Lipinski definition) is 4. The van der Waals surface area contributed by atoms with E-state index in [0.717, 1.165) is 33.3 Å². The zero-order valence-corrected chi connectivity index (χ0v) is 21.1. The van der Waals surface area contributed by atoms with Gasteiger partial charge in [-0.1, -0.05) is 66.7 Å². The van der Waals surface area contributed by atoms with Gasteiger partial charge in [-0.25, -0.2) is 14.1 Å². The number of amides is 1. The number of halogens is 1. The van der Waals surface area contributed by atoms with E-state index < -0.39 is 5.92 Å². The molecule has 1 N–H and O–H groups in total. The highest BCUT2D eigenvalue weighted by molar-refractivity contribution is 7.13. The van der Waals surface area contributed by atoms with Gasteiger partial charge in [0.15, 0.2) is 5.13 Å². The summed E-state index contributed by atoms with van der Waals surface area (Å²) >= 11 is 1.39. The molecule has 38 heavy (non-hydrogen) atoms. The van der Waals surface area contributed by atoms with Gasteiger partial charge < -0.3 is 5.32 Å². The average molecular weight is 519 g/mol. The van der Waals surface area contributed by atoms with Crippen LogP contribution in [-0.2, 0) is 4.79 Å². The molecule has 1 amide bonds. The van der Waals surface area contributed by atoms with Crippen LogP contribution in [0.2, 0.25) is 0 Å². The van der Waals surface area contributed by atoms with Gasteiger partial charge in [0.05, 0.1) is 23.3 Å². The van der Waals surface area contributed by atoms with Gasteiger partial charge in [-0.15, -0.1) is 11.3 Å². The Kier molecular flexibility index (Phi) is 6.50. The molecule has 5 nitrogen and oxygen atoms in total. The molecular weight excluding hydrogens is 495 g/mol. The lowest BCUT2D eigenvalue weighted by molar-refractivity contribution is -0.117. The van der Waals surface area contributed by atoms with E-state index in [2.05, 4.69) is 33.6 Å². The topological polar surface area (TPSA) is 59.8 Å². The monoisotopic (exact) mass is 518 g/mol. The summed E-state index contributed by atoms with van der Waals surface area (Å²) in [4.78, 5) is 18.2. The van der Waals surface area contributed by atoms with Crippen LogP contribution in [0.15, 0.2) is 121 Å². The lowest BCUT2D eigenvalue weighted by atomic mass is 9.76. The van der Waals surface area contributed by atoms with E-state index in [9.17, 15) is 9.18 Å². The van der Waals surface area contributed by atoms with Crippen LogP contribution in [0.4, 0.5) is 9.52 Å². The van der Waals surface area contributed by atoms with Gasteiger partial charge in [0.2, 0.25) is 5.91 Å².